The lowest BCUT2D eigenvalue weighted by molar-refractivity contribution is -0.384. The molecule has 4 rings (SSSR count). The van der Waals surface area contributed by atoms with Crippen LogP contribution in [0.4, 0.5) is 10.5 Å². The molecule has 0 aliphatic carbocycles. The van der Waals surface area contributed by atoms with Crippen molar-refractivity contribution in [1.29, 1.82) is 0 Å². The van der Waals surface area contributed by atoms with E-state index in [4.69, 9.17) is 4.74 Å². The van der Waals surface area contributed by atoms with Crippen LogP contribution in [0.5, 0.6) is 0 Å². The Labute approximate surface area is 206 Å². The number of amides is 2. The highest BCUT2D eigenvalue weighted by Crippen LogP contribution is 2.19. The topological polar surface area (TPSA) is 139 Å². The Balaban J connectivity index is 1.44. The molecule has 3 aromatic carbocycles. The van der Waals surface area contributed by atoms with Gasteiger partial charge in [0.15, 0.2) is 0 Å². The Morgan fingerprint density at radius 2 is 1.75 bits per heavy atom. The number of non-ortho nitro benzene ring substituents is 1. The molecule has 0 aliphatic heterocycles. The summed E-state index contributed by atoms with van der Waals surface area (Å²) in [6.07, 6.45) is 2.61. The van der Waals surface area contributed by atoms with E-state index in [-0.39, 0.29) is 18.7 Å². The number of hydrogen-bond donors (Lipinski definition) is 3. The molecular weight excluding hydrogens is 462 g/mol. The number of nitro benzene ring substituents is 1. The Morgan fingerprint density at radius 3 is 2.50 bits per heavy atom. The summed E-state index contributed by atoms with van der Waals surface area (Å²) in [6.45, 7) is 0.0619. The minimum atomic E-state index is -0.971. The van der Waals surface area contributed by atoms with E-state index in [0.717, 1.165) is 22.0 Å². The van der Waals surface area contributed by atoms with Crippen molar-refractivity contribution in [3.05, 3.63) is 112 Å². The molecule has 0 unspecified atom stereocenters. The second kappa shape index (κ2) is 11.4. The summed E-state index contributed by atoms with van der Waals surface area (Å²) in [5.74, 6) is -0.546. The first kappa shape index (κ1) is 24.1. The van der Waals surface area contributed by atoms with Gasteiger partial charge in [-0.3, -0.25) is 14.9 Å². The Kier molecular flexibility index (Phi) is 7.66. The van der Waals surface area contributed by atoms with E-state index in [1.165, 1.54) is 30.5 Å². The fraction of sp³-hybridized carbons (Fsp3) is 0.115. The number of aromatic amines is 1. The number of hydrogen-bond acceptors (Lipinski definition) is 6. The number of rotatable bonds is 9. The SMILES string of the molecule is O=C(N[C@H](Cc1c[nH]c2ccccc12)C(=O)N/N=C\c1ccc([N+](=O)[O-])cc1)OCc1ccccc1. The normalized spacial score (nSPS) is 11.8. The van der Waals surface area contributed by atoms with Crippen LogP contribution in [-0.4, -0.2) is 34.2 Å². The van der Waals surface area contributed by atoms with Gasteiger partial charge >= 0.3 is 6.09 Å². The van der Waals surface area contributed by atoms with Crippen LogP contribution in [0.3, 0.4) is 0 Å². The second-order valence-electron chi connectivity index (χ2n) is 7.91. The summed E-state index contributed by atoms with van der Waals surface area (Å²) in [5.41, 5.74) is 5.51. The van der Waals surface area contributed by atoms with Crippen molar-refractivity contribution in [2.45, 2.75) is 19.1 Å². The number of carbonyl (C=O) groups is 2. The van der Waals surface area contributed by atoms with Gasteiger partial charge in [-0.1, -0.05) is 48.5 Å². The number of nitrogens with zero attached hydrogens (tertiary/aromatic N) is 2. The van der Waals surface area contributed by atoms with E-state index in [1.807, 2.05) is 54.6 Å². The van der Waals surface area contributed by atoms with Gasteiger partial charge < -0.3 is 15.0 Å². The maximum Gasteiger partial charge on any atom is 0.408 e. The maximum atomic E-state index is 13.0. The van der Waals surface area contributed by atoms with Gasteiger partial charge in [-0.05, 0) is 34.9 Å². The molecule has 1 atom stereocenters. The number of carbonyl (C=O) groups excluding carboxylic acids is 2. The van der Waals surface area contributed by atoms with Crippen molar-refractivity contribution in [2.75, 3.05) is 0 Å². The molecule has 3 N–H and O–H groups in total. The van der Waals surface area contributed by atoms with Crippen LogP contribution in [0.25, 0.3) is 10.9 Å². The predicted molar refractivity (Wildman–Crippen MR) is 134 cm³/mol. The molecule has 4 aromatic rings. The van der Waals surface area contributed by atoms with Gasteiger partial charge in [0.25, 0.3) is 11.6 Å². The summed E-state index contributed by atoms with van der Waals surface area (Å²) in [4.78, 5) is 38.9. The van der Waals surface area contributed by atoms with E-state index in [2.05, 4.69) is 20.8 Å². The molecule has 10 heteroatoms. The lowest BCUT2D eigenvalue weighted by Gasteiger charge is -2.17. The average Bonchev–Trinajstić information content (AvgIpc) is 3.30. The minimum absolute atomic E-state index is 0.0480. The molecule has 36 heavy (non-hydrogen) atoms. The highest BCUT2D eigenvalue weighted by atomic mass is 16.6. The molecule has 0 saturated heterocycles. The quantitative estimate of drug-likeness (QED) is 0.186. The number of hydrazone groups is 1. The van der Waals surface area contributed by atoms with Crippen LogP contribution in [0, 0.1) is 10.1 Å². The molecular formula is C26H23N5O5. The molecule has 0 aliphatic rings. The van der Waals surface area contributed by atoms with Crippen molar-refractivity contribution in [1.82, 2.24) is 15.7 Å². The van der Waals surface area contributed by atoms with E-state index >= 15 is 0 Å². The van der Waals surface area contributed by atoms with Crippen LogP contribution in [0.2, 0.25) is 0 Å². The average molecular weight is 486 g/mol. The van der Waals surface area contributed by atoms with Crippen molar-refractivity contribution in [2.24, 2.45) is 5.10 Å². The standard InChI is InChI=1S/C26H23N5O5/c32-25(30-28-15-18-10-12-21(13-11-18)31(34)35)24(14-20-16-27-23-9-5-4-8-22(20)23)29-26(33)36-17-19-6-2-1-3-7-19/h1-13,15-16,24,27H,14,17H2,(H,29,33)(H,30,32)/b28-15-/t24-/m1/s1. The van der Waals surface area contributed by atoms with Crippen LogP contribution >= 0.6 is 0 Å². The summed E-state index contributed by atoms with van der Waals surface area (Å²) < 4.78 is 5.29. The summed E-state index contributed by atoms with van der Waals surface area (Å²) in [6, 6.07) is 21.6. The Hall–Kier alpha value is -4.99. The number of nitrogens with one attached hydrogen (secondary N) is 3. The van der Waals surface area contributed by atoms with Crippen molar-refractivity contribution >= 4 is 34.8 Å². The van der Waals surface area contributed by atoms with Crippen LogP contribution in [-0.2, 0) is 22.6 Å². The van der Waals surface area contributed by atoms with Crippen LogP contribution < -0.4 is 10.7 Å². The van der Waals surface area contributed by atoms with Gasteiger partial charge in [-0.25, -0.2) is 10.2 Å². The molecule has 182 valence electrons. The van der Waals surface area contributed by atoms with Gasteiger partial charge in [-0.2, -0.15) is 5.10 Å². The third-order valence-electron chi connectivity index (χ3n) is 5.41. The monoisotopic (exact) mass is 485 g/mol. The van der Waals surface area contributed by atoms with Crippen LogP contribution in [0.1, 0.15) is 16.7 Å². The number of H-pyrrole nitrogens is 1. The maximum absolute atomic E-state index is 13.0. The fourth-order valence-corrected chi connectivity index (χ4v) is 3.57. The smallest absolute Gasteiger partial charge is 0.408 e. The highest BCUT2D eigenvalue weighted by Gasteiger charge is 2.23. The van der Waals surface area contributed by atoms with Gasteiger partial charge in [0, 0.05) is 35.7 Å². The zero-order valence-electron chi connectivity index (χ0n) is 19.1. The van der Waals surface area contributed by atoms with Crippen molar-refractivity contribution in [3.8, 4) is 0 Å². The van der Waals surface area contributed by atoms with E-state index < -0.39 is 23.0 Å². The molecule has 0 bridgehead atoms. The zero-order valence-corrected chi connectivity index (χ0v) is 19.1. The molecule has 0 spiro atoms. The highest BCUT2D eigenvalue weighted by molar-refractivity contribution is 5.89. The number of benzene rings is 3. The van der Waals surface area contributed by atoms with E-state index in [9.17, 15) is 19.7 Å². The molecule has 10 nitrogen and oxygen atoms in total. The third kappa shape index (κ3) is 6.32. The largest absolute Gasteiger partial charge is 0.445 e. The zero-order chi connectivity index (χ0) is 25.3. The predicted octanol–water partition coefficient (Wildman–Crippen LogP) is 4.06. The second-order valence-corrected chi connectivity index (χ2v) is 7.91. The van der Waals surface area contributed by atoms with Gasteiger partial charge in [0.2, 0.25) is 0 Å². The lowest BCUT2D eigenvalue weighted by Crippen LogP contribution is -2.47. The Bertz CT molecular complexity index is 1380. The summed E-state index contributed by atoms with van der Waals surface area (Å²) in [7, 11) is 0. The molecule has 0 saturated carbocycles. The molecule has 1 aromatic heterocycles. The number of fused-ring (bicyclic) bond motifs is 1. The lowest BCUT2D eigenvalue weighted by atomic mass is 10.0. The molecule has 0 radical (unpaired) electrons. The minimum Gasteiger partial charge on any atom is -0.445 e. The molecule has 1 heterocycles. The van der Waals surface area contributed by atoms with Crippen LogP contribution in [0.15, 0.2) is 90.2 Å². The number of ether oxygens (including phenoxy) is 1. The number of alkyl carbamates (subject to hydrolysis) is 1. The van der Waals surface area contributed by atoms with Crippen molar-refractivity contribution in [3.63, 3.8) is 0 Å². The molecule has 2 amide bonds. The van der Waals surface area contributed by atoms with E-state index in [1.54, 1.807) is 6.20 Å². The third-order valence-corrected chi connectivity index (χ3v) is 5.41. The van der Waals surface area contributed by atoms with Gasteiger partial charge in [-0.15, -0.1) is 0 Å². The van der Waals surface area contributed by atoms with Gasteiger partial charge in [0.05, 0.1) is 11.1 Å². The number of nitro groups is 1. The van der Waals surface area contributed by atoms with E-state index in [0.29, 0.717) is 5.56 Å². The first-order valence-electron chi connectivity index (χ1n) is 11.1. The van der Waals surface area contributed by atoms with Crippen molar-refractivity contribution < 1.29 is 19.2 Å². The molecule has 0 fully saturated rings. The first-order valence-corrected chi connectivity index (χ1v) is 11.1. The fourth-order valence-electron chi connectivity index (χ4n) is 3.57. The Morgan fingerprint density at radius 1 is 1.03 bits per heavy atom. The summed E-state index contributed by atoms with van der Waals surface area (Å²) in [5, 5.41) is 18.3. The van der Waals surface area contributed by atoms with Gasteiger partial charge in [0.1, 0.15) is 12.6 Å². The summed E-state index contributed by atoms with van der Waals surface area (Å²) >= 11 is 0. The first-order chi connectivity index (χ1) is 17.5. The number of para-hydroxylation sites is 1. The number of aromatic nitrogens is 1.